The first kappa shape index (κ1) is 14.3. The Morgan fingerprint density at radius 1 is 1.47 bits per heavy atom. The molecule has 0 radical (unpaired) electrons. The number of rotatable bonds is 7. The van der Waals surface area contributed by atoms with Gasteiger partial charge >= 0.3 is 0 Å². The van der Waals surface area contributed by atoms with Gasteiger partial charge < -0.3 is 20.1 Å². The molecule has 0 fully saturated rings. The van der Waals surface area contributed by atoms with Crippen molar-refractivity contribution in [1.82, 2.24) is 10.2 Å². The molecule has 0 aromatic heterocycles. The number of carbonyl (C=O) groups is 1. The fourth-order valence-electron chi connectivity index (χ4n) is 0.866. The van der Waals surface area contributed by atoms with E-state index in [0.29, 0.717) is 13.2 Å². The zero-order valence-corrected chi connectivity index (χ0v) is 9.99. The van der Waals surface area contributed by atoms with Crippen molar-refractivity contribution in [3.05, 3.63) is 0 Å². The van der Waals surface area contributed by atoms with Crippen molar-refractivity contribution in [2.24, 2.45) is 0 Å². The molecule has 0 spiro atoms. The standard InChI is InChI=1S/C10H22N2O3/c1-8(2)15-7-9(13)5-11-6-10(14)12(3)4/h8-9,11,13H,5-7H2,1-4H3. The monoisotopic (exact) mass is 218 g/mol. The molecule has 1 unspecified atom stereocenters. The summed E-state index contributed by atoms with van der Waals surface area (Å²) >= 11 is 0. The van der Waals surface area contributed by atoms with Crippen LogP contribution in [0.4, 0.5) is 0 Å². The Morgan fingerprint density at radius 2 is 2.07 bits per heavy atom. The highest BCUT2D eigenvalue weighted by molar-refractivity contribution is 5.77. The second kappa shape index (κ2) is 7.62. The number of nitrogens with one attached hydrogen (secondary N) is 1. The number of nitrogens with zero attached hydrogens (tertiary/aromatic N) is 1. The van der Waals surface area contributed by atoms with Gasteiger partial charge in [0.1, 0.15) is 0 Å². The summed E-state index contributed by atoms with van der Waals surface area (Å²) in [7, 11) is 3.39. The van der Waals surface area contributed by atoms with Gasteiger partial charge in [-0.15, -0.1) is 0 Å². The van der Waals surface area contributed by atoms with E-state index in [1.165, 1.54) is 4.90 Å². The van der Waals surface area contributed by atoms with Crippen LogP contribution in [0.5, 0.6) is 0 Å². The molecule has 1 atom stereocenters. The number of carbonyl (C=O) groups excluding carboxylic acids is 1. The molecule has 0 aliphatic carbocycles. The van der Waals surface area contributed by atoms with Gasteiger partial charge in [-0.3, -0.25) is 4.79 Å². The number of aliphatic hydroxyl groups is 1. The molecule has 0 saturated carbocycles. The normalized spacial score (nSPS) is 12.9. The van der Waals surface area contributed by atoms with Crippen LogP contribution in [0.25, 0.3) is 0 Å². The van der Waals surface area contributed by atoms with Crippen LogP contribution in [0.1, 0.15) is 13.8 Å². The van der Waals surface area contributed by atoms with E-state index in [0.717, 1.165) is 0 Å². The second-order valence-electron chi connectivity index (χ2n) is 3.95. The van der Waals surface area contributed by atoms with Crippen LogP contribution in [-0.2, 0) is 9.53 Å². The van der Waals surface area contributed by atoms with E-state index in [1.807, 2.05) is 13.8 Å². The first-order valence-electron chi connectivity index (χ1n) is 5.14. The van der Waals surface area contributed by atoms with Gasteiger partial charge in [-0.25, -0.2) is 0 Å². The molecule has 2 N–H and O–H groups in total. The summed E-state index contributed by atoms with van der Waals surface area (Å²) in [4.78, 5) is 12.6. The van der Waals surface area contributed by atoms with Gasteiger partial charge in [0.05, 0.1) is 25.4 Å². The highest BCUT2D eigenvalue weighted by Gasteiger charge is 2.07. The Bertz CT molecular complexity index is 184. The molecule has 0 aromatic carbocycles. The largest absolute Gasteiger partial charge is 0.389 e. The van der Waals surface area contributed by atoms with Gasteiger partial charge in [0.15, 0.2) is 0 Å². The number of aliphatic hydroxyl groups excluding tert-OH is 1. The van der Waals surface area contributed by atoms with Gasteiger partial charge in [0.2, 0.25) is 5.91 Å². The van der Waals surface area contributed by atoms with Gasteiger partial charge in [0, 0.05) is 20.6 Å². The molecule has 90 valence electrons. The zero-order valence-electron chi connectivity index (χ0n) is 9.99. The molecule has 0 aromatic rings. The molecule has 15 heavy (non-hydrogen) atoms. The molecule has 0 heterocycles. The minimum absolute atomic E-state index is 0.00743. The van der Waals surface area contributed by atoms with Crippen LogP contribution < -0.4 is 5.32 Å². The Kier molecular flexibility index (Phi) is 7.29. The molecule has 5 nitrogen and oxygen atoms in total. The van der Waals surface area contributed by atoms with E-state index in [2.05, 4.69) is 5.32 Å². The summed E-state index contributed by atoms with van der Waals surface area (Å²) in [6.07, 6.45) is -0.453. The zero-order chi connectivity index (χ0) is 11.8. The summed E-state index contributed by atoms with van der Waals surface area (Å²) < 4.78 is 5.22. The van der Waals surface area contributed by atoms with Crippen molar-refractivity contribution in [2.75, 3.05) is 33.8 Å². The maximum absolute atomic E-state index is 11.1. The summed E-state index contributed by atoms with van der Waals surface area (Å²) in [5.41, 5.74) is 0. The maximum Gasteiger partial charge on any atom is 0.236 e. The van der Waals surface area contributed by atoms with Crippen LogP contribution in [-0.4, -0.2) is 61.9 Å². The van der Waals surface area contributed by atoms with Gasteiger partial charge in [-0.1, -0.05) is 0 Å². The fourth-order valence-corrected chi connectivity index (χ4v) is 0.866. The smallest absolute Gasteiger partial charge is 0.236 e. The molecule has 0 bridgehead atoms. The maximum atomic E-state index is 11.1. The first-order valence-corrected chi connectivity index (χ1v) is 5.14. The number of amides is 1. The highest BCUT2D eigenvalue weighted by atomic mass is 16.5. The average Bonchev–Trinajstić information content (AvgIpc) is 2.14. The number of ether oxygens (including phenoxy) is 1. The third kappa shape index (κ3) is 8.35. The third-order valence-electron chi connectivity index (χ3n) is 1.78. The molecule has 0 aliphatic heterocycles. The molecule has 0 aliphatic rings. The molecule has 1 amide bonds. The average molecular weight is 218 g/mol. The lowest BCUT2D eigenvalue weighted by Crippen LogP contribution is -2.38. The quantitative estimate of drug-likeness (QED) is 0.602. The van der Waals surface area contributed by atoms with Crippen LogP contribution >= 0.6 is 0 Å². The SMILES string of the molecule is CC(C)OCC(O)CNCC(=O)N(C)C. The van der Waals surface area contributed by atoms with E-state index >= 15 is 0 Å². The first-order chi connectivity index (χ1) is 6.93. The lowest BCUT2D eigenvalue weighted by molar-refractivity contribution is -0.127. The van der Waals surface area contributed by atoms with Crippen molar-refractivity contribution in [3.63, 3.8) is 0 Å². The third-order valence-corrected chi connectivity index (χ3v) is 1.78. The second-order valence-corrected chi connectivity index (χ2v) is 3.95. The van der Waals surface area contributed by atoms with Crippen LogP contribution in [0.3, 0.4) is 0 Å². The molecule has 5 heteroatoms. The Hall–Kier alpha value is -0.650. The fraction of sp³-hybridized carbons (Fsp3) is 0.900. The number of likely N-dealkylation sites (N-methyl/N-ethyl adjacent to an activating group) is 1. The summed E-state index contributed by atoms with van der Waals surface area (Å²) in [6, 6.07) is 0. The van der Waals surface area contributed by atoms with Crippen LogP contribution in [0.15, 0.2) is 0 Å². The van der Waals surface area contributed by atoms with Gasteiger partial charge in [-0.05, 0) is 13.8 Å². The van der Waals surface area contributed by atoms with Crippen LogP contribution in [0.2, 0.25) is 0 Å². The van der Waals surface area contributed by atoms with Crippen molar-refractivity contribution >= 4 is 5.91 Å². The predicted molar refractivity (Wildman–Crippen MR) is 58.7 cm³/mol. The Labute approximate surface area is 91.4 Å². The van der Waals surface area contributed by atoms with E-state index in [-0.39, 0.29) is 18.6 Å². The minimum atomic E-state index is -0.567. The molecular formula is C10H22N2O3. The minimum Gasteiger partial charge on any atom is -0.389 e. The van der Waals surface area contributed by atoms with E-state index in [4.69, 9.17) is 4.74 Å². The lowest BCUT2D eigenvalue weighted by atomic mass is 10.3. The van der Waals surface area contributed by atoms with E-state index in [9.17, 15) is 9.90 Å². The van der Waals surface area contributed by atoms with Crippen LogP contribution in [0, 0.1) is 0 Å². The topological polar surface area (TPSA) is 61.8 Å². The highest BCUT2D eigenvalue weighted by Crippen LogP contribution is 1.90. The Morgan fingerprint density at radius 3 is 2.53 bits per heavy atom. The Balaban J connectivity index is 3.46. The predicted octanol–water partition coefficient (Wildman–Crippen LogP) is -0.550. The lowest BCUT2D eigenvalue weighted by Gasteiger charge is -2.15. The van der Waals surface area contributed by atoms with E-state index in [1.54, 1.807) is 14.1 Å². The molecule has 0 saturated heterocycles. The molecular weight excluding hydrogens is 196 g/mol. The summed E-state index contributed by atoms with van der Waals surface area (Å²) in [5.74, 6) is -0.00743. The van der Waals surface area contributed by atoms with Gasteiger partial charge in [-0.2, -0.15) is 0 Å². The van der Waals surface area contributed by atoms with E-state index < -0.39 is 6.10 Å². The summed E-state index contributed by atoms with van der Waals surface area (Å²) in [5, 5.41) is 12.3. The molecule has 0 rings (SSSR count). The summed E-state index contributed by atoms with van der Waals surface area (Å²) in [6.45, 7) is 4.73. The van der Waals surface area contributed by atoms with Crippen molar-refractivity contribution in [2.45, 2.75) is 26.1 Å². The van der Waals surface area contributed by atoms with Crippen molar-refractivity contribution in [3.8, 4) is 0 Å². The van der Waals surface area contributed by atoms with Gasteiger partial charge in [0.25, 0.3) is 0 Å². The number of hydrogen-bond donors (Lipinski definition) is 2. The van der Waals surface area contributed by atoms with Crippen molar-refractivity contribution in [1.29, 1.82) is 0 Å². The number of hydrogen-bond acceptors (Lipinski definition) is 4. The van der Waals surface area contributed by atoms with Crippen molar-refractivity contribution < 1.29 is 14.6 Å².